The summed E-state index contributed by atoms with van der Waals surface area (Å²) < 4.78 is 4.93. The maximum absolute atomic E-state index is 2.50. The summed E-state index contributed by atoms with van der Waals surface area (Å²) in [7, 11) is 0. The molecule has 0 saturated heterocycles. The van der Waals surface area contributed by atoms with E-state index in [0.29, 0.717) is 0 Å². The molecule has 2 aromatic heterocycles. The van der Waals surface area contributed by atoms with Crippen LogP contribution in [-0.2, 0) is 5.41 Å². The maximum Gasteiger partial charge on any atom is 0.0541 e. The molecular weight excluding hydrogens is 653 g/mol. The molecule has 0 atom stereocenters. The van der Waals surface area contributed by atoms with Crippen LogP contribution in [0.4, 0.5) is 0 Å². The highest BCUT2D eigenvalue weighted by Crippen LogP contribution is 2.51. The zero-order valence-electron chi connectivity index (χ0n) is 31.2. The van der Waals surface area contributed by atoms with E-state index in [4.69, 9.17) is 0 Å². The molecule has 0 amide bonds. The molecule has 2 nitrogen and oxygen atoms in total. The Hall–Kier alpha value is -6.12. The lowest BCUT2D eigenvalue weighted by Crippen LogP contribution is -2.17. The minimum absolute atomic E-state index is 0.0596. The van der Waals surface area contributed by atoms with Crippen LogP contribution in [0.3, 0.4) is 0 Å². The number of hydrogen-bond donors (Lipinski definition) is 0. The van der Waals surface area contributed by atoms with Crippen LogP contribution >= 0.6 is 0 Å². The molecule has 0 unspecified atom stereocenters. The summed E-state index contributed by atoms with van der Waals surface area (Å²) in [5, 5.41) is 5.12. The van der Waals surface area contributed by atoms with E-state index < -0.39 is 0 Å². The quantitative estimate of drug-likeness (QED) is 0.174. The average Bonchev–Trinajstić information content (AvgIpc) is 3.81. The van der Waals surface area contributed by atoms with Gasteiger partial charge in [-0.05, 0) is 137 Å². The molecular formula is C52H42N2. The van der Waals surface area contributed by atoms with Gasteiger partial charge in [0.1, 0.15) is 0 Å². The van der Waals surface area contributed by atoms with Crippen molar-refractivity contribution in [2.45, 2.75) is 51.9 Å². The molecule has 0 spiro atoms. The number of aromatic nitrogens is 2. The zero-order valence-corrected chi connectivity index (χ0v) is 31.2. The molecule has 0 fully saturated rings. The van der Waals surface area contributed by atoms with E-state index in [1.54, 1.807) is 0 Å². The lowest BCUT2D eigenvalue weighted by molar-refractivity contribution is 0.655. The smallest absolute Gasteiger partial charge is 0.0541 e. The number of nitrogens with zero attached hydrogens (tertiary/aromatic N) is 2. The van der Waals surface area contributed by atoms with Crippen LogP contribution in [-0.4, -0.2) is 9.13 Å². The van der Waals surface area contributed by atoms with E-state index >= 15 is 0 Å². The maximum atomic E-state index is 2.50. The van der Waals surface area contributed by atoms with Crippen LogP contribution in [0.5, 0.6) is 0 Å². The van der Waals surface area contributed by atoms with Gasteiger partial charge in [-0.2, -0.15) is 0 Å². The Morgan fingerprint density at radius 2 is 1.09 bits per heavy atom. The Morgan fingerprint density at radius 1 is 0.500 bits per heavy atom. The van der Waals surface area contributed by atoms with Gasteiger partial charge in [0.05, 0.1) is 22.1 Å². The minimum Gasteiger partial charge on any atom is -0.309 e. The van der Waals surface area contributed by atoms with Gasteiger partial charge >= 0.3 is 0 Å². The van der Waals surface area contributed by atoms with Crippen molar-refractivity contribution < 1.29 is 0 Å². The number of rotatable bonds is 4. The summed E-state index contributed by atoms with van der Waals surface area (Å²) >= 11 is 0. The van der Waals surface area contributed by atoms with E-state index in [1.165, 1.54) is 131 Å². The number of allylic oxidation sites excluding steroid dienone is 2. The van der Waals surface area contributed by atoms with Crippen molar-refractivity contribution in [1.29, 1.82) is 0 Å². The first-order valence-electron chi connectivity index (χ1n) is 19.6. The van der Waals surface area contributed by atoms with Crippen molar-refractivity contribution in [1.82, 2.24) is 9.13 Å². The molecule has 2 aliphatic carbocycles. The van der Waals surface area contributed by atoms with Crippen LogP contribution in [0.2, 0.25) is 0 Å². The monoisotopic (exact) mass is 694 g/mol. The molecule has 11 rings (SSSR count). The Labute approximate surface area is 316 Å². The molecule has 0 radical (unpaired) electrons. The van der Waals surface area contributed by atoms with Crippen LogP contribution in [0.15, 0.2) is 152 Å². The van der Waals surface area contributed by atoms with Crippen molar-refractivity contribution >= 4 is 49.2 Å². The van der Waals surface area contributed by atoms with Gasteiger partial charge in [0.15, 0.2) is 0 Å². The third kappa shape index (κ3) is 4.46. The second kappa shape index (κ2) is 11.7. The summed E-state index contributed by atoms with van der Waals surface area (Å²) in [6.07, 6.45) is 7.42. The van der Waals surface area contributed by atoms with Crippen molar-refractivity contribution in [3.63, 3.8) is 0 Å². The molecule has 260 valence electrons. The van der Waals surface area contributed by atoms with E-state index in [-0.39, 0.29) is 5.41 Å². The van der Waals surface area contributed by atoms with Gasteiger partial charge in [0, 0.05) is 38.3 Å². The SMILES string of the molecule is Cc1c(-n2c3ccccc3c3cc(-c4ccc5c(c4)c4ccccc4n5-c4ccc(C5=CCCCC5)cc4)ccc32)ccc2c1C(C)(C)c1ccccc1-2. The van der Waals surface area contributed by atoms with Crippen molar-refractivity contribution in [2.24, 2.45) is 0 Å². The summed E-state index contributed by atoms with van der Waals surface area (Å²) in [6, 6.07) is 54.7. The lowest BCUT2D eigenvalue weighted by atomic mass is 9.80. The molecule has 2 heteroatoms. The third-order valence-electron chi connectivity index (χ3n) is 12.7. The van der Waals surface area contributed by atoms with Crippen LogP contribution < -0.4 is 0 Å². The molecule has 54 heavy (non-hydrogen) atoms. The third-order valence-corrected chi connectivity index (χ3v) is 12.7. The summed E-state index contributed by atoms with van der Waals surface area (Å²) in [5.41, 5.74) is 19.6. The van der Waals surface area contributed by atoms with Gasteiger partial charge in [-0.3, -0.25) is 0 Å². The topological polar surface area (TPSA) is 9.86 Å². The van der Waals surface area contributed by atoms with Crippen LogP contribution in [0, 0.1) is 6.92 Å². The molecule has 0 N–H and O–H groups in total. The predicted molar refractivity (Wildman–Crippen MR) is 229 cm³/mol. The molecule has 2 heterocycles. The van der Waals surface area contributed by atoms with E-state index in [0.717, 1.165) is 0 Å². The Kier molecular flexibility index (Phi) is 6.80. The highest BCUT2D eigenvalue weighted by Gasteiger charge is 2.37. The molecule has 9 aromatic rings. The van der Waals surface area contributed by atoms with E-state index in [9.17, 15) is 0 Å². The lowest BCUT2D eigenvalue weighted by Gasteiger charge is -2.25. The second-order valence-electron chi connectivity index (χ2n) is 16.0. The summed E-state index contributed by atoms with van der Waals surface area (Å²) in [5.74, 6) is 0. The molecule has 7 aromatic carbocycles. The first-order valence-corrected chi connectivity index (χ1v) is 19.6. The summed E-state index contributed by atoms with van der Waals surface area (Å²) in [6.45, 7) is 7.09. The number of fused-ring (bicyclic) bond motifs is 9. The second-order valence-corrected chi connectivity index (χ2v) is 16.0. The highest BCUT2D eigenvalue weighted by molar-refractivity contribution is 6.13. The average molecular weight is 695 g/mol. The standard InChI is InChI=1S/C52H42N2/c1-33-46(30-27-42-39-15-7-10-18-45(39)52(2,3)51(33)42)54-48-20-12-9-17-41(48)44-32-37(24-29-50(44)54)36-23-28-49-43(31-36)40-16-8-11-19-47(40)53(49)38-25-21-35(22-26-38)34-13-5-4-6-14-34/h7-13,15-32H,4-6,14H2,1-3H3. The van der Waals surface area contributed by atoms with Gasteiger partial charge in [-0.25, -0.2) is 0 Å². The number of hydrogen-bond acceptors (Lipinski definition) is 0. The van der Waals surface area contributed by atoms with Crippen LogP contribution in [0.25, 0.3) is 82.8 Å². The van der Waals surface area contributed by atoms with E-state index in [1.807, 2.05) is 0 Å². The fraction of sp³-hybridized carbons (Fsp3) is 0.154. The molecule has 0 bridgehead atoms. The molecule has 0 aliphatic heterocycles. The fourth-order valence-electron chi connectivity index (χ4n) is 10.1. The largest absolute Gasteiger partial charge is 0.309 e. The number of para-hydroxylation sites is 2. The van der Waals surface area contributed by atoms with E-state index in [2.05, 4.69) is 182 Å². The first kappa shape index (κ1) is 31.4. The predicted octanol–water partition coefficient (Wildman–Crippen LogP) is 14.1. The highest BCUT2D eigenvalue weighted by atomic mass is 15.0. The normalized spacial score (nSPS) is 14.9. The Bertz CT molecular complexity index is 3020. The van der Waals surface area contributed by atoms with Crippen molar-refractivity contribution in [3.8, 4) is 33.6 Å². The Morgan fingerprint density at radius 3 is 1.78 bits per heavy atom. The first-order chi connectivity index (χ1) is 26.5. The van der Waals surface area contributed by atoms with Gasteiger partial charge in [-0.1, -0.05) is 111 Å². The van der Waals surface area contributed by atoms with Gasteiger partial charge in [0.2, 0.25) is 0 Å². The van der Waals surface area contributed by atoms with Crippen molar-refractivity contribution in [3.05, 3.63) is 174 Å². The van der Waals surface area contributed by atoms with Crippen LogP contribution in [0.1, 0.15) is 61.8 Å². The molecule has 2 aliphatic rings. The van der Waals surface area contributed by atoms with Gasteiger partial charge in [0.25, 0.3) is 0 Å². The zero-order chi connectivity index (χ0) is 36.1. The Balaban J connectivity index is 1.05. The summed E-state index contributed by atoms with van der Waals surface area (Å²) in [4.78, 5) is 0. The van der Waals surface area contributed by atoms with Gasteiger partial charge < -0.3 is 9.13 Å². The fourth-order valence-corrected chi connectivity index (χ4v) is 10.1. The number of benzene rings is 7. The van der Waals surface area contributed by atoms with Gasteiger partial charge in [-0.15, -0.1) is 0 Å². The molecule has 0 saturated carbocycles. The van der Waals surface area contributed by atoms with Crippen molar-refractivity contribution in [2.75, 3.05) is 0 Å². The minimum atomic E-state index is -0.0596.